The Labute approximate surface area is 163 Å². The second kappa shape index (κ2) is 7.48. The molecule has 4 rings (SSSR count). The predicted octanol–water partition coefficient (Wildman–Crippen LogP) is 4.69. The lowest BCUT2D eigenvalue weighted by Gasteiger charge is -2.08. The standard InChI is InChI=1S/C23H20N4O/c1-16-7-9-18(10-8-16)11-14-23(28)25-22-15-17(2)26-27(22)21-13-12-19-5-3-4-6-20(19)24-21/h3-15H,1-2H3,(H,25,28)/b14-11+. The molecule has 5 nitrogen and oxygen atoms in total. The number of aryl methyl sites for hydroxylation is 2. The van der Waals surface area contributed by atoms with Crippen LogP contribution in [0.25, 0.3) is 22.8 Å². The molecule has 2 aromatic heterocycles. The van der Waals surface area contributed by atoms with Crippen LogP contribution in [0.2, 0.25) is 0 Å². The van der Waals surface area contributed by atoms with Crippen LogP contribution in [0.3, 0.4) is 0 Å². The van der Waals surface area contributed by atoms with Gasteiger partial charge in [0.25, 0.3) is 0 Å². The third-order valence-electron chi connectivity index (χ3n) is 4.39. The SMILES string of the molecule is Cc1ccc(/C=C/C(=O)Nc2cc(C)nn2-c2ccc3ccccc3n2)cc1. The lowest BCUT2D eigenvalue weighted by atomic mass is 10.1. The van der Waals surface area contributed by atoms with Crippen LogP contribution in [0, 0.1) is 13.8 Å². The Morgan fingerprint density at radius 1 is 1.00 bits per heavy atom. The zero-order chi connectivity index (χ0) is 19.5. The zero-order valence-electron chi connectivity index (χ0n) is 15.8. The third kappa shape index (κ3) is 3.83. The quantitative estimate of drug-likeness (QED) is 0.532. The van der Waals surface area contributed by atoms with Gasteiger partial charge in [0.05, 0.1) is 11.2 Å². The second-order valence-corrected chi connectivity index (χ2v) is 6.68. The Hall–Kier alpha value is -3.73. The molecule has 1 N–H and O–H groups in total. The smallest absolute Gasteiger partial charge is 0.249 e. The maximum Gasteiger partial charge on any atom is 0.249 e. The highest BCUT2D eigenvalue weighted by Crippen LogP contribution is 2.19. The Bertz CT molecular complexity index is 1170. The van der Waals surface area contributed by atoms with Crippen LogP contribution in [0.15, 0.2) is 72.8 Å². The van der Waals surface area contributed by atoms with E-state index in [1.54, 1.807) is 10.8 Å². The predicted molar refractivity (Wildman–Crippen MR) is 112 cm³/mol. The van der Waals surface area contributed by atoms with Crippen molar-refractivity contribution in [1.82, 2.24) is 14.8 Å². The minimum atomic E-state index is -0.220. The van der Waals surface area contributed by atoms with Gasteiger partial charge in [0.2, 0.25) is 5.91 Å². The molecule has 0 unspecified atom stereocenters. The third-order valence-corrected chi connectivity index (χ3v) is 4.39. The fourth-order valence-corrected chi connectivity index (χ4v) is 2.95. The summed E-state index contributed by atoms with van der Waals surface area (Å²) < 4.78 is 1.65. The number of hydrogen-bond acceptors (Lipinski definition) is 3. The highest BCUT2D eigenvalue weighted by atomic mass is 16.1. The first kappa shape index (κ1) is 17.7. The van der Waals surface area contributed by atoms with E-state index in [0.717, 1.165) is 22.2 Å². The summed E-state index contributed by atoms with van der Waals surface area (Å²) in [6.45, 7) is 3.92. The van der Waals surface area contributed by atoms with E-state index in [1.807, 2.05) is 80.6 Å². The van der Waals surface area contributed by atoms with Gasteiger partial charge in [0, 0.05) is 17.5 Å². The first-order chi connectivity index (χ1) is 13.6. The molecule has 0 bridgehead atoms. The van der Waals surface area contributed by atoms with Gasteiger partial charge < -0.3 is 5.32 Å². The van der Waals surface area contributed by atoms with E-state index >= 15 is 0 Å². The topological polar surface area (TPSA) is 59.8 Å². The minimum absolute atomic E-state index is 0.220. The number of nitrogens with zero attached hydrogens (tertiary/aromatic N) is 3. The lowest BCUT2D eigenvalue weighted by molar-refractivity contribution is -0.111. The van der Waals surface area contributed by atoms with Crippen LogP contribution in [-0.2, 0) is 4.79 Å². The number of carbonyl (C=O) groups excluding carboxylic acids is 1. The van der Waals surface area contributed by atoms with Crippen molar-refractivity contribution in [2.45, 2.75) is 13.8 Å². The summed E-state index contributed by atoms with van der Waals surface area (Å²) in [6.07, 6.45) is 3.31. The van der Waals surface area contributed by atoms with E-state index in [0.29, 0.717) is 11.6 Å². The first-order valence-corrected chi connectivity index (χ1v) is 9.07. The van der Waals surface area contributed by atoms with E-state index in [2.05, 4.69) is 15.4 Å². The highest BCUT2D eigenvalue weighted by Gasteiger charge is 2.11. The number of anilines is 1. The van der Waals surface area contributed by atoms with E-state index in [1.165, 1.54) is 11.6 Å². The summed E-state index contributed by atoms with van der Waals surface area (Å²) in [6, 6.07) is 21.6. The van der Waals surface area contributed by atoms with Crippen molar-refractivity contribution >= 4 is 28.7 Å². The van der Waals surface area contributed by atoms with E-state index in [-0.39, 0.29) is 5.91 Å². The molecule has 0 fully saturated rings. The molecule has 4 aromatic rings. The van der Waals surface area contributed by atoms with E-state index in [9.17, 15) is 4.79 Å². The number of para-hydroxylation sites is 1. The summed E-state index contributed by atoms with van der Waals surface area (Å²) >= 11 is 0. The maximum atomic E-state index is 12.4. The Balaban J connectivity index is 1.58. The van der Waals surface area contributed by atoms with Gasteiger partial charge in [-0.3, -0.25) is 4.79 Å². The average Bonchev–Trinajstić information content (AvgIpc) is 3.07. The van der Waals surface area contributed by atoms with Crippen LogP contribution in [-0.4, -0.2) is 20.7 Å². The van der Waals surface area contributed by atoms with Crippen molar-refractivity contribution in [3.8, 4) is 5.82 Å². The molecule has 0 atom stereocenters. The molecule has 0 saturated heterocycles. The Morgan fingerprint density at radius 2 is 1.79 bits per heavy atom. The number of rotatable bonds is 4. The molecule has 138 valence electrons. The number of fused-ring (bicyclic) bond motifs is 1. The van der Waals surface area contributed by atoms with E-state index in [4.69, 9.17) is 0 Å². The van der Waals surface area contributed by atoms with Gasteiger partial charge in [0.15, 0.2) is 5.82 Å². The molecule has 0 aliphatic rings. The molecule has 0 saturated carbocycles. The van der Waals surface area contributed by atoms with Gasteiger partial charge in [-0.1, -0.05) is 48.0 Å². The summed E-state index contributed by atoms with van der Waals surface area (Å²) in [5.41, 5.74) is 3.84. The van der Waals surface area contributed by atoms with Crippen LogP contribution in [0.5, 0.6) is 0 Å². The van der Waals surface area contributed by atoms with Gasteiger partial charge >= 0.3 is 0 Å². The fraction of sp³-hybridized carbons (Fsp3) is 0.0870. The summed E-state index contributed by atoms with van der Waals surface area (Å²) in [7, 11) is 0. The number of hydrogen-bond donors (Lipinski definition) is 1. The molecule has 0 aliphatic heterocycles. The molecular formula is C23H20N4O. The molecule has 0 aliphatic carbocycles. The van der Waals surface area contributed by atoms with Gasteiger partial charge in [-0.2, -0.15) is 9.78 Å². The highest BCUT2D eigenvalue weighted by molar-refractivity contribution is 6.01. The summed E-state index contributed by atoms with van der Waals surface area (Å²) in [5, 5.41) is 8.44. The molecule has 0 radical (unpaired) electrons. The molecule has 1 amide bonds. The lowest BCUT2D eigenvalue weighted by Crippen LogP contribution is -2.13. The summed E-state index contributed by atoms with van der Waals surface area (Å²) in [5.74, 6) is 1.02. The van der Waals surface area contributed by atoms with Gasteiger partial charge in [-0.15, -0.1) is 0 Å². The monoisotopic (exact) mass is 368 g/mol. The van der Waals surface area contributed by atoms with Crippen molar-refractivity contribution in [1.29, 1.82) is 0 Å². The number of benzene rings is 2. The second-order valence-electron chi connectivity index (χ2n) is 6.68. The molecule has 2 heterocycles. The first-order valence-electron chi connectivity index (χ1n) is 9.07. The van der Waals surface area contributed by atoms with Crippen molar-refractivity contribution < 1.29 is 4.79 Å². The van der Waals surface area contributed by atoms with Crippen LogP contribution < -0.4 is 5.32 Å². The van der Waals surface area contributed by atoms with Gasteiger partial charge in [-0.25, -0.2) is 4.98 Å². The molecule has 2 aromatic carbocycles. The van der Waals surface area contributed by atoms with Crippen molar-refractivity contribution in [3.05, 3.63) is 89.6 Å². The zero-order valence-corrected chi connectivity index (χ0v) is 15.8. The molecule has 0 spiro atoms. The average molecular weight is 368 g/mol. The molecule has 5 heteroatoms. The van der Waals surface area contributed by atoms with Crippen molar-refractivity contribution in [2.24, 2.45) is 0 Å². The summed E-state index contributed by atoms with van der Waals surface area (Å²) in [4.78, 5) is 17.1. The largest absolute Gasteiger partial charge is 0.307 e. The maximum absolute atomic E-state index is 12.4. The van der Waals surface area contributed by atoms with Gasteiger partial charge in [-0.05, 0) is 43.7 Å². The van der Waals surface area contributed by atoms with E-state index < -0.39 is 0 Å². The van der Waals surface area contributed by atoms with Crippen LogP contribution >= 0.6 is 0 Å². The van der Waals surface area contributed by atoms with Gasteiger partial charge in [0.1, 0.15) is 5.82 Å². The van der Waals surface area contributed by atoms with Crippen molar-refractivity contribution in [3.63, 3.8) is 0 Å². The normalized spacial score (nSPS) is 11.2. The number of pyridine rings is 1. The molecule has 28 heavy (non-hydrogen) atoms. The molecular weight excluding hydrogens is 348 g/mol. The number of carbonyl (C=O) groups is 1. The van der Waals surface area contributed by atoms with Crippen molar-refractivity contribution in [2.75, 3.05) is 5.32 Å². The number of aromatic nitrogens is 3. The Morgan fingerprint density at radius 3 is 2.61 bits per heavy atom. The fourth-order valence-electron chi connectivity index (χ4n) is 2.95. The number of nitrogens with one attached hydrogen (secondary N) is 1. The minimum Gasteiger partial charge on any atom is -0.307 e. The number of amides is 1. The Kier molecular flexibility index (Phi) is 4.72. The van der Waals surface area contributed by atoms with Crippen LogP contribution in [0.4, 0.5) is 5.82 Å². The van der Waals surface area contributed by atoms with Crippen LogP contribution in [0.1, 0.15) is 16.8 Å².